The third kappa shape index (κ3) is 1.51. The van der Waals surface area contributed by atoms with Crippen LogP contribution in [0.25, 0.3) is 5.95 Å². The zero-order valence-electron chi connectivity index (χ0n) is 7.84. The Balaban J connectivity index is 2.48. The highest BCUT2D eigenvalue weighted by molar-refractivity contribution is 5.26. The molecule has 0 fully saturated rings. The first-order valence-corrected chi connectivity index (χ1v) is 4.05. The average molecular weight is 191 g/mol. The first-order valence-electron chi connectivity index (χ1n) is 4.05. The van der Waals surface area contributed by atoms with Crippen LogP contribution in [0.15, 0.2) is 12.7 Å². The van der Waals surface area contributed by atoms with Gasteiger partial charge in [-0.15, -0.1) is 0 Å². The Kier molecular flexibility index (Phi) is 2.05. The van der Waals surface area contributed by atoms with Gasteiger partial charge in [0.15, 0.2) is 0 Å². The van der Waals surface area contributed by atoms with Gasteiger partial charge in [-0.25, -0.2) is 4.98 Å². The van der Waals surface area contributed by atoms with E-state index in [0.717, 1.165) is 0 Å². The fourth-order valence-corrected chi connectivity index (χ4v) is 0.993. The molecule has 7 heteroatoms. The van der Waals surface area contributed by atoms with Crippen LogP contribution in [0.5, 0.6) is 0 Å². The smallest absolute Gasteiger partial charge is 0.257 e. The number of nitrogens with one attached hydrogen (secondary N) is 1. The first kappa shape index (κ1) is 8.54. The second-order valence-corrected chi connectivity index (χ2v) is 2.60. The lowest BCUT2D eigenvalue weighted by molar-refractivity contribution is 0.783. The average Bonchev–Trinajstić information content (AvgIpc) is 2.69. The van der Waals surface area contributed by atoms with Gasteiger partial charge in [0.2, 0.25) is 5.95 Å². The molecule has 7 nitrogen and oxygen atoms in total. The van der Waals surface area contributed by atoms with Gasteiger partial charge in [0.1, 0.15) is 18.5 Å². The van der Waals surface area contributed by atoms with E-state index in [1.54, 1.807) is 14.0 Å². The second-order valence-electron chi connectivity index (χ2n) is 2.60. The number of hydrogen-bond donors (Lipinski definition) is 1. The summed E-state index contributed by atoms with van der Waals surface area (Å²) in [6.45, 7) is 1.79. The van der Waals surface area contributed by atoms with E-state index in [1.807, 2.05) is 0 Å². The molecule has 0 spiro atoms. The number of hydrogen-bond acceptors (Lipinski definition) is 6. The van der Waals surface area contributed by atoms with Crippen molar-refractivity contribution in [3.05, 3.63) is 18.5 Å². The largest absolute Gasteiger partial charge is 0.357 e. The Morgan fingerprint density at radius 2 is 2.14 bits per heavy atom. The number of rotatable bonds is 2. The van der Waals surface area contributed by atoms with Crippen molar-refractivity contribution >= 4 is 5.95 Å². The van der Waals surface area contributed by atoms with Crippen LogP contribution in [-0.2, 0) is 0 Å². The fourth-order valence-electron chi connectivity index (χ4n) is 0.993. The van der Waals surface area contributed by atoms with Crippen molar-refractivity contribution in [3.63, 3.8) is 0 Å². The van der Waals surface area contributed by atoms with Crippen LogP contribution < -0.4 is 5.32 Å². The Morgan fingerprint density at radius 3 is 2.79 bits per heavy atom. The number of anilines is 1. The minimum atomic E-state index is 0.458. The minimum absolute atomic E-state index is 0.458. The van der Waals surface area contributed by atoms with E-state index in [1.165, 1.54) is 17.3 Å². The van der Waals surface area contributed by atoms with Crippen molar-refractivity contribution in [3.8, 4) is 5.95 Å². The lowest BCUT2D eigenvalue weighted by atomic mass is 10.7. The summed E-state index contributed by atoms with van der Waals surface area (Å²) in [4.78, 5) is 16.1. The molecular weight excluding hydrogens is 182 g/mol. The molecule has 2 aromatic heterocycles. The molecule has 0 amide bonds. The summed E-state index contributed by atoms with van der Waals surface area (Å²) in [5, 5.41) is 6.77. The Hall–Kier alpha value is -2.05. The van der Waals surface area contributed by atoms with Crippen LogP contribution in [0.3, 0.4) is 0 Å². The monoisotopic (exact) mass is 191 g/mol. The number of aromatic nitrogens is 6. The highest BCUT2D eigenvalue weighted by Gasteiger charge is 2.04. The van der Waals surface area contributed by atoms with Crippen LogP contribution in [-0.4, -0.2) is 36.8 Å². The van der Waals surface area contributed by atoms with E-state index >= 15 is 0 Å². The summed E-state index contributed by atoms with van der Waals surface area (Å²) in [6.07, 6.45) is 2.96. The van der Waals surface area contributed by atoms with Crippen LogP contribution in [0.4, 0.5) is 5.95 Å². The maximum atomic E-state index is 4.12. The second kappa shape index (κ2) is 3.36. The standard InChI is InChI=1S/C7H9N7/c1-5-11-6(8-2)13-7(12-5)14-4-9-3-10-14/h3-4H,1-2H3,(H,8,11,12,13). The maximum Gasteiger partial charge on any atom is 0.257 e. The van der Waals surface area contributed by atoms with E-state index in [4.69, 9.17) is 0 Å². The molecule has 2 rings (SSSR count). The van der Waals surface area contributed by atoms with Gasteiger partial charge in [0.25, 0.3) is 5.95 Å². The summed E-state index contributed by atoms with van der Waals surface area (Å²) in [7, 11) is 1.75. The van der Waals surface area contributed by atoms with Crippen molar-refractivity contribution < 1.29 is 0 Å². The van der Waals surface area contributed by atoms with Crippen molar-refractivity contribution in [2.75, 3.05) is 12.4 Å². The maximum absolute atomic E-state index is 4.12. The van der Waals surface area contributed by atoms with E-state index in [0.29, 0.717) is 17.7 Å². The quantitative estimate of drug-likeness (QED) is 0.708. The molecule has 14 heavy (non-hydrogen) atoms. The number of aryl methyl sites for hydroxylation is 1. The molecule has 0 atom stereocenters. The lowest BCUT2D eigenvalue weighted by Crippen LogP contribution is -2.08. The van der Waals surface area contributed by atoms with Gasteiger partial charge < -0.3 is 5.32 Å². The fraction of sp³-hybridized carbons (Fsp3) is 0.286. The van der Waals surface area contributed by atoms with Crippen LogP contribution in [0.1, 0.15) is 5.82 Å². The van der Waals surface area contributed by atoms with Crippen molar-refractivity contribution in [2.24, 2.45) is 0 Å². The molecule has 0 aliphatic carbocycles. The summed E-state index contributed by atoms with van der Waals surface area (Å²) < 4.78 is 1.48. The van der Waals surface area contributed by atoms with Gasteiger partial charge >= 0.3 is 0 Å². The van der Waals surface area contributed by atoms with Gasteiger partial charge in [0.05, 0.1) is 0 Å². The predicted molar refractivity (Wildman–Crippen MR) is 49.0 cm³/mol. The SMILES string of the molecule is CNc1nc(C)nc(-n2cncn2)n1. The predicted octanol–water partition coefficient (Wildman–Crippen LogP) is -0.198. The Bertz CT molecular complexity index is 422. The third-order valence-corrected chi connectivity index (χ3v) is 1.58. The van der Waals surface area contributed by atoms with Gasteiger partial charge in [-0.1, -0.05) is 0 Å². The van der Waals surface area contributed by atoms with Gasteiger partial charge in [0, 0.05) is 7.05 Å². The molecule has 0 aliphatic heterocycles. The zero-order chi connectivity index (χ0) is 9.97. The molecule has 72 valence electrons. The van der Waals surface area contributed by atoms with Crippen molar-refractivity contribution in [1.29, 1.82) is 0 Å². The highest BCUT2D eigenvalue weighted by Crippen LogP contribution is 2.02. The van der Waals surface area contributed by atoms with Crippen LogP contribution in [0.2, 0.25) is 0 Å². The summed E-state index contributed by atoms with van der Waals surface area (Å²) in [5.41, 5.74) is 0. The number of nitrogens with zero attached hydrogens (tertiary/aromatic N) is 6. The Labute approximate surface area is 80.3 Å². The lowest BCUT2D eigenvalue weighted by Gasteiger charge is -2.02. The van der Waals surface area contributed by atoms with Crippen molar-refractivity contribution in [1.82, 2.24) is 29.7 Å². The Morgan fingerprint density at radius 1 is 1.29 bits per heavy atom. The summed E-state index contributed by atoms with van der Waals surface area (Å²) >= 11 is 0. The summed E-state index contributed by atoms with van der Waals surface area (Å²) in [6, 6.07) is 0. The van der Waals surface area contributed by atoms with Gasteiger partial charge in [-0.3, -0.25) is 0 Å². The molecule has 1 N–H and O–H groups in total. The summed E-state index contributed by atoms with van der Waals surface area (Å²) in [5.74, 6) is 1.61. The third-order valence-electron chi connectivity index (χ3n) is 1.58. The molecule has 2 aromatic rings. The van der Waals surface area contributed by atoms with E-state index in [2.05, 4.69) is 30.4 Å². The van der Waals surface area contributed by atoms with Crippen LogP contribution >= 0.6 is 0 Å². The molecule has 0 aliphatic rings. The van der Waals surface area contributed by atoms with Gasteiger partial charge in [-0.2, -0.15) is 24.7 Å². The molecule has 0 bridgehead atoms. The van der Waals surface area contributed by atoms with Crippen molar-refractivity contribution in [2.45, 2.75) is 6.92 Å². The van der Waals surface area contributed by atoms with Gasteiger partial charge in [-0.05, 0) is 6.92 Å². The van der Waals surface area contributed by atoms with E-state index < -0.39 is 0 Å². The molecule has 0 saturated carbocycles. The molecule has 2 heterocycles. The zero-order valence-corrected chi connectivity index (χ0v) is 7.84. The molecule has 0 radical (unpaired) electrons. The first-order chi connectivity index (χ1) is 6.79. The highest BCUT2D eigenvalue weighted by atomic mass is 15.4. The van der Waals surface area contributed by atoms with Crippen LogP contribution in [0, 0.1) is 6.92 Å². The molecule has 0 aromatic carbocycles. The van der Waals surface area contributed by atoms with E-state index in [9.17, 15) is 0 Å². The normalized spacial score (nSPS) is 10.1. The molecule has 0 saturated heterocycles. The topological polar surface area (TPSA) is 81.4 Å². The molecule has 0 unspecified atom stereocenters. The minimum Gasteiger partial charge on any atom is -0.357 e. The molecular formula is C7H9N7. The van der Waals surface area contributed by atoms with E-state index in [-0.39, 0.29) is 0 Å².